The number of hydrogen-bond acceptors (Lipinski definition) is 3. The lowest BCUT2D eigenvalue weighted by Gasteiger charge is -2.20. The minimum Gasteiger partial charge on any atom is -0.481 e. The Balaban J connectivity index is 2.25. The standard InChI is InChI=1S/C8H14O4S/c9-8(10)3-6-13(11)7-1-4-12-5-2-7/h7H,1-6H2,(H,9,10). The first kappa shape index (κ1) is 10.7. The molecule has 1 saturated heterocycles. The molecule has 1 aliphatic rings. The molecule has 1 N–H and O–H groups in total. The van der Waals surface area contributed by atoms with E-state index in [4.69, 9.17) is 9.84 Å². The van der Waals surface area contributed by atoms with Gasteiger partial charge in [-0.2, -0.15) is 0 Å². The Kier molecular flexibility index (Phi) is 4.38. The fourth-order valence-electron chi connectivity index (χ4n) is 1.29. The Labute approximate surface area is 79.7 Å². The van der Waals surface area contributed by atoms with E-state index in [1.807, 2.05) is 0 Å². The predicted molar refractivity (Wildman–Crippen MR) is 49.1 cm³/mol. The molecule has 1 rings (SSSR count). The van der Waals surface area contributed by atoms with Crippen LogP contribution >= 0.6 is 0 Å². The van der Waals surface area contributed by atoms with Crippen molar-refractivity contribution in [1.29, 1.82) is 0 Å². The normalized spacial score (nSPS) is 21.2. The van der Waals surface area contributed by atoms with Gasteiger partial charge in [0.05, 0.1) is 6.42 Å². The fraction of sp³-hybridized carbons (Fsp3) is 0.875. The Hall–Kier alpha value is -0.420. The second-order valence-corrected chi connectivity index (χ2v) is 4.88. The summed E-state index contributed by atoms with van der Waals surface area (Å²) in [5.74, 6) is -0.597. The molecular formula is C8H14O4S. The zero-order valence-corrected chi connectivity index (χ0v) is 8.22. The molecule has 0 bridgehead atoms. The summed E-state index contributed by atoms with van der Waals surface area (Å²) in [7, 11) is -0.988. The zero-order chi connectivity index (χ0) is 9.68. The molecule has 4 nitrogen and oxygen atoms in total. The number of rotatable bonds is 4. The number of carbonyl (C=O) groups is 1. The van der Waals surface area contributed by atoms with Crippen molar-refractivity contribution in [2.45, 2.75) is 24.5 Å². The molecule has 0 aliphatic carbocycles. The minimum absolute atomic E-state index is 0.00394. The third-order valence-corrected chi connectivity index (χ3v) is 3.88. The lowest BCUT2D eigenvalue weighted by atomic mass is 10.2. The van der Waals surface area contributed by atoms with Crippen LogP contribution in [-0.4, -0.2) is 39.5 Å². The van der Waals surface area contributed by atoms with Gasteiger partial charge in [-0.3, -0.25) is 9.00 Å². The van der Waals surface area contributed by atoms with Crippen LogP contribution in [0.25, 0.3) is 0 Å². The molecule has 0 aromatic carbocycles. The molecule has 0 spiro atoms. The molecule has 0 radical (unpaired) electrons. The molecule has 5 heteroatoms. The van der Waals surface area contributed by atoms with Crippen molar-refractivity contribution in [2.24, 2.45) is 0 Å². The van der Waals surface area contributed by atoms with E-state index in [1.165, 1.54) is 0 Å². The predicted octanol–water partition coefficient (Wildman–Crippen LogP) is 0.389. The maximum atomic E-state index is 11.5. The number of aliphatic carboxylic acids is 1. The first-order chi connectivity index (χ1) is 6.20. The quantitative estimate of drug-likeness (QED) is 0.722. The van der Waals surface area contributed by atoms with E-state index < -0.39 is 16.8 Å². The molecule has 1 atom stereocenters. The van der Waals surface area contributed by atoms with Gasteiger partial charge in [0.2, 0.25) is 0 Å². The van der Waals surface area contributed by atoms with Crippen LogP contribution in [-0.2, 0) is 20.3 Å². The lowest BCUT2D eigenvalue weighted by molar-refractivity contribution is -0.136. The topological polar surface area (TPSA) is 63.6 Å². The van der Waals surface area contributed by atoms with Crippen LogP contribution in [0.15, 0.2) is 0 Å². The number of hydrogen-bond donors (Lipinski definition) is 1. The van der Waals surface area contributed by atoms with Gasteiger partial charge < -0.3 is 9.84 Å². The molecule has 1 fully saturated rings. The first-order valence-corrected chi connectivity index (χ1v) is 5.75. The van der Waals surface area contributed by atoms with E-state index in [0.29, 0.717) is 13.2 Å². The second-order valence-electron chi connectivity index (χ2n) is 3.04. The van der Waals surface area contributed by atoms with Gasteiger partial charge in [-0.25, -0.2) is 0 Å². The van der Waals surface area contributed by atoms with E-state index in [1.54, 1.807) is 0 Å². The summed E-state index contributed by atoms with van der Waals surface area (Å²) >= 11 is 0. The average Bonchev–Trinajstić information content (AvgIpc) is 2.15. The first-order valence-electron chi connectivity index (χ1n) is 4.37. The van der Waals surface area contributed by atoms with Gasteiger partial charge in [-0.15, -0.1) is 0 Å². The maximum absolute atomic E-state index is 11.5. The summed E-state index contributed by atoms with van der Waals surface area (Å²) in [4.78, 5) is 10.2. The van der Waals surface area contributed by atoms with Crippen LogP contribution in [0, 0.1) is 0 Å². The fourth-order valence-corrected chi connectivity index (χ4v) is 2.72. The summed E-state index contributed by atoms with van der Waals surface area (Å²) in [5.41, 5.74) is 0. The van der Waals surface area contributed by atoms with Gasteiger partial charge in [0.1, 0.15) is 0 Å². The highest BCUT2D eigenvalue weighted by atomic mass is 32.2. The van der Waals surface area contributed by atoms with Gasteiger partial charge in [0.25, 0.3) is 0 Å². The molecule has 13 heavy (non-hydrogen) atoms. The van der Waals surface area contributed by atoms with E-state index in [2.05, 4.69) is 0 Å². The van der Waals surface area contributed by atoms with Crippen molar-refractivity contribution < 1.29 is 18.8 Å². The average molecular weight is 206 g/mol. The van der Waals surface area contributed by atoms with Crippen molar-refractivity contribution in [1.82, 2.24) is 0 Å². The Morgan fingerprint density at radius 1 is 1.46 bits per heavy atom. The Morgan fingerprint density at radius 2 is 2.08 bits per heavy atom. The van der Waals surface area contributed by atoms with Gasteiger partial charge in [-0.05, 0) is 12.8 Å². The van der Waals surface area contributed by atoms with Gasteiger partial charge in [0.15, 0.2) is 0 Å². The summed E-state index contributed by atoms with van der Waals surface area (Å²) in [6.45, 7) is 1.31. The smallest absolute Gasteiger partial charge is 0.304 e. The second kappa shape index (κ2) is 5.34. The van der Waals surface area contributed by atoms with Crippen molar-refractivity contribution in [3.63, 3.8) is 0 Å². The summed E-state index contributed by atoms with van der Waals surface area (Å²) < 4.78 is 16.6. The van der Waals surface area contributed by atoms with E-state index in [0.717, 1.165) is 12.8 Å². The van der Waals surface area contributed by atoms with Crippen LogP contribution in [0.5, 0.6) is 0 Å². The third-order valence-electron chi connectivity index (χ3n) is 2.06. The van der Waals surface area contributed by atoms with Crippen LogP contribution in [0.4, 0.5) is 0 Å². The highest BCUT2D eigenvalue weighted by molar-refractivity contribution is 7.85. The molecule has 1 unspecified atom stereocenters. The van der Waals surface area contributed by atoms with Crippen molar-refractivity contribution in [3.05, 3.63) is 0 Å². The highest BCUT2D eigenvalue weighted by Gasteiger charge is 2.20. The van der Waals surface area contributed by atoms with Crippen molar-refractivity contribution in [2.75, 3.05) is 19.0 Å². The molecule has 0 aromatic heterocycles. The van der Waals surface area contributed by atoms with Gasteiger partial charge in [0, 0.05) is 35.0 Å². The molecule has 0 aromatic rings. The maximum Gasteiger partial charge on any atom is 0.304 e. The Morgan fingerprint density at radius 3 is 2.62 bits per heavy atom. The molecular weight excluding hydrogens is 192 g/mol. The molecule has 0 saturated carbocycles. The number of ether oxygens (including phenoxy) is 1. The summed E-state index contributed by atoms with van der Waals surface area (Å²) in [6, 6.07) is 0. The van der Waals surface area contributed by atoms with Gasteiger partial charge in [-0.1, -0.05) is 0 Å². The van der Waals surface area contributed by atoms with Crippen LogP contribution in [0.2, 0.25) is 0 Å². The number of carboxylic acids is 1. The Bertz CT molecular complexity index is 198. The zero-order valence-electron chi connectivity index (χ0n) is 7.40. The minimum atomic E-state index is -0.988. The van der Waals surface area contributed by atoms with Crippen molar-refractivity contribution >= 4 is 16.8 Å². The van der Waals surface area contributed by atoms with E-state index in [9.17, 15) is 9.00 Å². The van der Waals surface area contributed by atoms with Gasteiger partial charge >= 0.3 is 5.97 Å². The highest BCUT2D eigenvalue weighted by Crippen LogP contribution is 2.13. The van der Waals surface area contributed by atoms with Crippen LogP contribution in [0.1, 0.15) is 19.3 Å². The SMILES string of the molecule is O=C(O)CCS(=O)C1CCOCC1. The number of carboxylic acid groups (broad SMARTS) is 1. The van der Waals surface area contributed by atoms with E-state index in [-0.39, 0.29) is 17.4 Å². The third kappa shape index (κ3) is 3.87. The molecule has 76 valence electrons. The monoisotopic (exact) mass is 206 g/mol. The molecule has 1 aliphatic heterocycles. The molecule has 0 amide bonds. The summed E-state index contributed by atoms with van der Waals surface area (Å²) in [6.07, 6.45) is 1.60. The largest absolute Gasteiger partial charge is 0.481 e. The van der Waals surface area contributed by atoms with Crippen molar-refractivity contribution in [3.8, 4) is 0 Å². The summed E-state index contributed by atoms with van der Waals surface area (Å²) in [5, 5.41) is 8.55. The van der Waals surface area contributed by atoms with Crippen LogP contribution < -0.4 is 0 Å². The molecule has 1 heterocycles. The lowest BCUT2D eigenvalue weighted by Crippen LogP contribution is -2.26. The van der Waals surface area contributed by atoms with Crippen LogP contribution in [0.3, 0.4) is 0 Å². The van der Waals surface area contributed by atoms with E-state index >= 15 is 0 Å².